The molecule has 0 fully saturated rings. The van der Waals surface area contributed by atoms with E-state index in [0.717, 1.165) is 50.8 Å². The van der Waals surface area contributed by atoms with Gasteiger partial charge in [-0.25, -0.2) is 0 Å². The van der Waals surface area contributed by atoms with Crippen molar-refractivity contribution in [3.05, 3.63) is 35.9 Å². The Balaban J connectivity index is 0.00000288. The molecule has 2 aromatic heterocycles. The van der Waals surface area contributed by atoms with E-state index in [2.05, 4.69) is 45.7 Å². The molecule has 2 rings (SSSR count). The summed E-state index contributed by atoms with van der Waals surface area (Å²) in [7, 11) is 0. The first kappa shape index (κ1) is 20.5. The molecule has 2 N–H and O–H groups in total. The van der Waals surface area contributed by atoms with Crippen molar-refractivity contribution in [3.63, 3.8) is 0 Å². The van der Waals surface area contributed by atoms with Gasteiger partial charge in [0.2, 0.25) is 0 Å². The number of nitrogens with zero attached hydrogens (tertiary/aromatic N) is 5. The van der Waals surface area contributed by atoms with Crippen LogP contribution in [-0.4, -0.2) is 45.2 Å². The summed E-state index contributed by atoms with van der Waals surface area (Å²) in [5.41, 5.74) is 2.27. The van der Waals surface area contributed by atoms with Crippen LogP contribution in [0.3, 0.4) is 0 Å². The maximum atomic E-state index is 4.61. The third-order valence-corrected chi connectivity index (χ3v) is 3.44. The standard InChI is InChI=1S/C16H27N7.HI/c1-4-17-16(19-9-12-22-10-6-8-20-22)18-7-5-11-23-15(3)13-14(2)21-23;/h6,8,10,13H,4-5,7,9,11-12H2,1-3H3,(H2,17,18,19);1H. The molecule has 0 aromatic carbocycles. The van der Waals surface area contributed by atoms with Crippen molar-refractivity contribution in [1.29, 1.82) is 0 Å². The van der Waals surface area contributed by atoms with E-state index in [1.807, 2.05) is 28.6 Å². The summed E-state index contributed by atoms with van der Waals surface area (Å²) in [4.78, 5) is 4.61. The Morgan fingerprint density at radius 2 is 2.08 bits per heavy atom. The Hall–Kier alpha value is -1.58. The zero-order chi connectivity index (χ0) is 16.5. The van der Waals surface area contributed by atoms with E-state index in [9.17, 15) is 0 Å². The van der Waals surface area contributed by atoms with Gasteiger partial charge in [0.1, 0.15) is 0 Å². The SMILES string of the molecule is CCNC(=NCCCn1nc(C)cc1C)NCCn1cccn1.I. The molecule has 0 aliphatic heterocycles. The summed E-state index contributed by atoms with van der Waals surface area (Å²) in [6.07, 6.45) is 4.72. The van der Waals surface area contributed by atoms with Gasteiger partial charge in [0.25, 0.3) is 0 Å². The molecule has 2 aromatic rings. The van der Waals surface area contributed by atoms with Crippen molar-refractivity contribution in [1.82, 2.24) is 30.2 Å². The van der Waals surface area contributed by atoms with Gasteiger partial charge in [0, 0.05) is 44.3 Å². The molecule has 0 radical (unpaired) electrons. The minimum absolute atomic E-state index is 0. The van der Waals surface area contributed by atoms with Crippen molar-refractivity contribution >= 4 is 29.9 Å². The van der Waals surface area contributed by atoms with Gasteiger partial charge in [-0.15, -0.1) is 24.0 Å². The largest absolute Gasteiger partial charge is 0.357 e. The molecule has 0 unspecified atom stereocenters. The minimum Gasteiger partial charge on any atom is -0.357 e. The summed E-state index contributed by atoms with van der Waals surface area (Å²) < 4.78 is 3.95. The van der Waals surface area contributed by atoms with Crippen LogP contribution in [0, 0.1) is 13.8 Å². The number of rotatable bonds is 8. The van der Waals surface area contributed by atoms with Crippen molar-refractivity contribution in [3.8, 4) is 0 Å². The highest BCUT2D eigenvalue weighted by Gasteiger charge is 2.01. The minimum atomic E-state index is 0. The predicted octanol–water partition coefficient (Wildman–Crippen LogP) is 1.96. The lowest BCUT2D eigenvalue weighted by Crippen LogP contribution is -2.39. The van der Waals surface area contributed by atoms with Crippen LogP contribution in [0.15, 0.2) is 29.5 Å². The summed E-state index contributed by atoms with van der Waals surface area (Å²) in [5.74, 6) is 0.855. The second-order valence-electron chi connectivity index (χ2n) is 5.46. The average Bonchev–Trinajstić information content (AvgIpc) is 3.13. The third-order valence-electron chi connectivity index (χ3n) is 3.44. The van der Waals surface area contributed by atoms with Crippen LogP contribution >= 0.6 is 24.0 Å². The first-order chi connectivity index (χ1) is 11.2. The Labute approximate surface area is 160 Å². The van der Waals surface area contributed by atoms with Crippen LogP contribution in [0.4, 0.5) is 0 Å². The first-order valence-corrected chi connectivity index (χ1v) is 8.19. The maximum Gasteiger partial charge on any atom is 0.191 e. The summed E-state index contributed by atoms with van der Waals surface area (Å²) in [6, 6.07) is 4.03. The lowest BCUT2D eigenvalue weighted by atomic mass is 10.4. The molecule has 0 saturated heterocycles. The van der Waals surface area contributed by atoms with Crippen LogP contribution in [0.25, 0.3) is 0 Å². The molecule has 24 heavy (non-hydrogen) atoms. The fraction of sp³-hybridized carbons (Fsp3) is 0.562. The number of guanidine groups is 1. The van der Waals surface area contributed by atoms with Gasteiger partial charge >= 0.3 is 0 Å². The zero-order valence-electron chi connectivity index (χ0n) is 14.7. The van der Waals surface area contributed by atoms with E-state index >= 15 is 0 Å². The zero-order valence-corrected chi connectivity index (χ0v) is 17.0. The van der Waals surface area contributed by atoms with Gasteiger partial charge in [0.15, 0.2) is 5.96 Å². The van der Waals surface area contributed by atoms with Gasteiger partial charge in [-0.1, -0.05) is 0 Å². The molecule has 0 saturated carbocycles. The number of halogens is 1. The van der Waals surface area contributed by atoms with Gasteiger partial charge in [0.05, 0.1) is 12.2 Å². The lowest BCUT2D eigenvalue weighted by molar-refractivity contribution is 0.565. The van der Waals surface area contributed by atoms with Crippen LogP contribution in [-0.2, 0) is 13.1 Å². The summed E-state index contributed by atoms with van der Waals surface area (Å²) in [6.45, 7) is 10.3. The highest BCUT2D eigenvalue weighted by molar-refractivity contribution is 14.0. The normalized spacial score (nSPS) is 11.2. The quantitative estimate of drug-likeness (QED) is 0.282. The number of nitrogens with one attached hydrogen (secondary N) is 2. The van der Waals surface area contributed by atoms with Gasteiger partial charge in [-0.3, -0.25) is 14.4 Å². The van der Waals surface area contributed by atoms with E-state index < -0.39 is 0 Å². The second-order valence-corrected chi connectivity index (χ2v) is 5.46. The molecule has 0 bridgehead atoms. The Kier molecular flexibility index (Phi) is 9.43. The molecule has 7 nitrogen and oxygen atoms in total. The van der Waals surface area contributed by atoms with Crippen LogP contribution in [0.1, 0.15) is 24.7 Å². The molecule has 0 amide bonds. The first-order valence-electron chi connectivity index (χ1n) is 8.19. The summed E-state index contributed by atoms with van der Waals surface area (Å²) in [5, 5.41) is 15.2. The number of hydrogen-bond acceptors (Lipinski definition) is 3. The third kappa shape index (κ3) is 6.90. The van der Waals surface area contributed by atoms with Crippen LogP contribution < -0.4 is 10.6 Å². The fourth-order valence-electron chi connectivity index (χ4n) is 2.38. The number of aliphatic imine (C=N–C) groups is 1. The molecule has 0 spiro atoms. The Morgan fingerprint density at radius 1 is 1.25 bits per heavy atom. The van der Waals surface area contributed by atoms with E-state index in [1.165, 1.54) is 5.69 Å². The van der Waals surface area contributed by atoms with Gasteiger partial charge in [-0.05, 0) is 39.3 Å². The van der Waals surface area contributed by atoms with Crippen molar-refractivity contribution in [2.75, 3.05) is 19.6 Å². The average molecular weight is 445 g/mol. The number of aryl methyl sites for hydroxylation is 3. The molecular weight excluding hydrogens is 417 g/mol. The Bertz CT molecular complexity index is 604. The van der Waals surface area contributed by atoms with Crippen molar-refractivity contribution in [2.24, 2.45) is 4.99 Å². The van der Waals surface area contributed by atoms with Crippen LogP contribution in [0.5, 0.6) is 0 Å². The monoisotopic (exact) mass is 445 g/mol. The highest BCUT2D eigenvalue weighted by atomic mass is 127. The second kappa shape index (κ2) is 11.1. The van der Waals surface area contributed by atoms with Crippen molar-refractivity contribution in [2.45, 2.75) is 40.3 Å². The molecule has 0 atom stereocenters. The Morgan fingerprint density at radius 3 is 2.71 bits per heavy atom. The van der Waals surface area contributed by atoms with Gasteiger partial charge in [-0.2, -0.15) is 10.2 Å². The van der Waals surface area contributed by atoms with Gasteiger partial charge < -0.3 is 10.6 Å². The molecule has 0 aliphatic carbocycles. The van der Waals surface area contributed by atoms with Crippen molar-refractivity contribution < 1.29 is 0 Å². The fourth-order valence-corrected chi connectivity index (χ4v) is 2.38. The molecule has 134 valence electrons. The molecule has 2 heterocycles. The number of hydrogen-bond donors (Lipinski definition) is 2. The molecule has 8 heteroatoms. The van der Waals surface area contributed by atoms with E-state index in [0.29, 0.717) is 0 Å². The summed E-state index contributed by atoms with van der Waals surface area (Å²) >= 11 is 0. The van der Waals surface area contributed by atoms with E-state index in [1.54, 1.807) is 6.20 Å². The number of aromatic nitrogens is 4. The topological polar surface area (TPSA) is 72.1 Å². The molecule has 0 aliphatic rings. The smallest absolute Gasteiger partial charge is 0.191 e. The molecular formula is C16H28IN7. The van der Waals surface area contributed by atoms with E-state index in [-0.39, 0.29) is 24.0 Å². The maximum absolute atomic E-state index is 4.61. The predicted molar refractivity (Wildman–Crippen MR) is 108 cm³/mol. The van der Waals surface area contributed by atoms with E-state index in [4.69, 9.17) is 0 Å². The lowest BCUT2D eigenvalue weighted by Gasteiger charge is -2.11. The van der Waals surface area contributed by atoms with Crippen LogP contribution in [0.2, 0.25) is 0 Å². The highest BCUT2D eigenvalue weighted by Crippen LogP contribution is 2.02.